The number of aliphatic hydroxyl groups is 1. The van der Waals surface area contributed by atoms with Gasteiger partial charge in [-0.05, 0) is 19.1 Å². The van der Waals surface area contributed by atoms with E-state index in [0.717, 1.165) is 0 Å². The van der Waals surface area contributed by atoms with Crippen LogP contribution in [-0.2, 0) is 9.47 Å². The maximum atomic E-state index is 14.1. The van der Waals surface area contributed by atoms with Gasteiger partial charge >= 0.3 is 0 Å². The fourth-order valence-electron chi connectivity index (χ4n) is 3.12. The molecule has 1 N–H and O–H groups in total. The van der Waals surface area contributed by atoms with Crippen molar-refractivity contribution in [2.24, 2.45) is 0 Å². The standard InChI is InChI=1S/C20H29FN2O4/c1-4-20(2,15-24)23-10-12-27-16(14-23)13-22(9-11-26-3)19(25)17-7-5-6-8-18(17)21/h4-8,16,24H,1,9-15H2,2-3H3. The molecule has 2 unspecified atom stereocenters. The van der Waals surface area contributed by atoms with Gasteiger partial charge in [0.15, 0.2) is 0 Å². The van der Waals surface area contributed by atoms with E-state index in [4.69, 9.17) is 9.47 Å². The van der Waals surface area contributed by atoms with Gasteiger partial charge in [-0.15, -0.1) is 6.58 Å². The van der Waals surface area contributed by atoms with Crippen molar-refractivity contribution in [2.45, 2.75) is 18.6 Å². The van der Waals surface area contributed by atoms with Crippen molar-refractivity contribution in [1.29, 1.82) is 0 Å². The largest absolute Gasteiger partial charge is 0.394 e. The second-order valence-corrected chi connectivity index (χ2v) is 6.88. The predicted octanol–water partition coefficient (Wildman–Crippen LogP) is 1.55. The summed E-state index contributed by atoms with van der Waals surface area (Å²) < 4.78 is 25.0. The first-order valence-corrected chi connectivity index (χ1v) is 9.09. The minimum absolute atomic E-state index is 0.0348. The molecule has 1 heterocycles. The van der Waals surface area contributed by atoms with E-state index in [9.17, 15) is 14.3 Å². The van der Waals surface area contributed by atoms with Gasteiger partial charge in [-0.2, -0.15) is 0 Å². The monoisotopic (exact) mass is 380 g/mol. The third kappa shape index (κ3) is 5.35. The Kier molecular flexibility index (Phi) is 7.91. The van der Waals surface area contributed by atoms with Gasteiger partial charge < -0.3 is 19.5 Å². The molecule has 1 fully saturated rings. The third-order valence-corrected chi connectivity index (χ3v) is 5.00. The Hall–Kier alpha value is -1.80. The van der Waals surface area contributed by atoms with Gasteiger partial charge in [0.05, 0.1) is 37.0 Å². The van der Waals surface area contributed by atoms with Gasteiger partial charge in [-0.1, -0.05) is 18.2 Å². The van der Waals surface area contributed by atoms with Crippen LogP contribution in [0, 0.1) is 5.82 Å². The molecular formula is C20H29FN2O4. The van der Waals surface area contributed by atoms with E-state index >= 15 is 0 Å². The highest BCUT2D eigenvalue weighted by molar-refractivity contribution is 5.94. The molecule has 1 aromatic rings. The zero-order valence-corrected chi connectivity index (χ0v) is 16.1. The van der Waals surface area contributed by atoms with E-state index in [2.05, 4.69) is 11.5 Å². The van der Waals surface area contributed by atoms with Gasteiger partial charge in [0.1, 0.15) is 5.82 Å². The minimum atomic E-state index is -0.547. The summed E-state index contributed by atoms with van der Waals surface area (Å²) in [5.74, 6) is -0.935. The number of methoxy groups -OCH3 is 1. The Morgan fingerprint density at radius 2 is 2.30 bits per heavy atom. The number of ether oxygens (including phenoxy) is 2. The van der Waals surface area contributed by atoms with Gasteiger partial charge in [-0.25, -0.2) is 4.39 Å². The number of hydrogen-bond donors (Lipinski definition) is 1. The van der Waals surface area contributed by atoms with Crippen molar-refractivity contribution in [2.75, 3.05) is 53.1 Å². The van der Waals surface area contributed by atoms with Crippen molar-refractivity contribution in [3.63, 3.8) is 0 Å². The summed E-state index contributed by atoms with van der Waals surface area (Å²) >= 11 is 0. The lowest BCUT2D eigenvalue weighted by molar-refractivity contribution is -0.0733. The number of carbonyl (C=O) groups is 1. The summed E-state index contributed by atoms with van der Waals surface area (Å²) in [4.78, 5) is 16.5. The molecule has 1 aromatic carbocycles. The molecular weight excluding hydrogens is 351 g/mol. The molecule has 0 aromatic heterocycles. The molecule has 2 atom stereocenters. The van der Waals surface area contributed by atoms with Crippen LogP contribution >= 0.6 is 0 Å². The Bertz CT molecular complexity index is 642. The lowest BCUT2D eigenvalue weighted by atomic mass is 9.99. The molecule has 1 amide bonds. The van der Waals surface area contributed by atoms with E-state index in [1.165, 1.54) is 12.1 Å². The predicted molar refractivity (Wildman–Crippen MR) is 101 cm³/mol. The quantitative estimate of drug-likeness (QED) is 0.659. The highest BCUT2D eigenvalue weighted by Gasteiger charge is 2.34. The molecule has 0 aliphatic carbocycles. The molecule has 27 heavy (non-hydrogen) atoms. The summed E-state index contributed by atoms with van der Waals surface area (Å²) in [5, 5.41) is 9.71. The van der Waals surface area contributed by atoms with Gasteiger partial charge in [-0.3, -0.25) is 9.69 Å². The molecule has 0 radical (unpaired) electrons. The smallest absolute Gasteiger partial charge is 0.256 e. The molecule has 0 bridgehead atoms. The van der Waals surface area contributed by atoms with E-state index < -0.39 is 11.4 Å². The van der Waals surface area contributed by atoms with Crippen LogP contribution in [0.15, 0.2) is 36.9 Å². The summed E-state index contributed by atoms with van der Waals surface area (Å²) in [6.07, 6.45) is 1.47. The number of amides is 1. The Labute approximate surface area is 160 Å². The number of nitrogens with zero attached hydrogens (tertiary/aromatic N) is 2. The number of carbonyl (C=O) groups excluding carboxylic acids is 1. The molecule has 6 nitrogen and oxygen atoms in total. The van der Waals surface area contributed by atoms with Crippen molar-refractivity contribution in [1.82, 2.24) is 9.80 Å². The molecule has 7 heteroatoms. The van der Waals surface area contributed by atoms with Crippen LogP contribution in [-0.4, -0.2) is 85.6 Å². The van der Waals surface area contributed by atoms with Crippen LogP contribution in [0.1, 0.15) is 17.3 Å². The third-order valence-electron chi connectivity index (χ3n) is 5.00. The first-order chi connectivity index (χ1) is 12.9. The Morgan fingerprint density at radius 1 is 1.56 bits per heavy atom. The second kappa shape index (κ2) is 9.94. The zero-order chi connectivity index (χ0) is 19.9. The highest BCUT2D eigenvalue weighted by atomic mass is 19.1. The zero-order valence-electron chi connectivity index (χ0n) is 16.1. The van der Waals surface area contributed by atoms with Crippen LogP contribution in [0.2, 0.25) is 0 Å². The summed E-state index contributed by atoms with van der Waals surface area (Å²) in [7, 11) is 1.56. The molecule has 1 aliphatic rings. The molecule has 150 valence electrons. The van der Waals surface area contributed by atoms with E-state index in [1.54, 1.807) is 30.2 Å². The topological polar surface area (TPSA) is 62.2 Å². The number of benzene rings is 1. The second-order valence-electron chi connectivity index (χ2n) is 6.88. The average molecular weight is 380 g/mol. The molecule has 1 aliphatic heterocycles. The van der Waals surface area contributed by atoms with Crippen LogP contribution < -0.4 is 0 Å². The number of aliphatic hydroxyl groups excluding tert-OH is 1. The molecule has 0 spiro atoms. The maximum absolute atomic E-state index is 14.1. The highest BCUT2D eigenvalue weighted by Crippen LogP contribution is 2.21. The number of rotatable bonds is 9. The van der Waals surface area contributed by atoms with Crippen LogP contribution in [0.3, 0.4) is 0 Å². The van der Waals surface area contributed by atoms with Crippen molar-refractivity contribution in [3.05, 3.63) is 48.3 Å². The van der Waals surface area contributed by atoms with Crippen LogP contribution in [0.4, 0.5) is 4.39 Å². The van der Waals surface area contributed by atoms with Crippen molar-refractivity contribution in [3.8, 4) is 0 Å². The number of hydrogen-bond acceptors (Lipinski definition) is 5. The molecule has 0 saturated carbocycles. The Morgan fingerprint density at radius 3 is 2.93 bits per heavy atom. The van der Waals surface area contributed by atoms with E-state index in [0.29, 0.717) is 39.4 Å². The summed E-state index contributed by atoms with van der Waals surface area (Å²) in [6.45, 7) is 8.36. The molecule has 2 rings (SSSR count). The SMILES string of the molecule is C=CC(C)(CO)N1CCOC(CN(CCOC)C(=O)c2ccccc2F)C1. The number of halogens is 1. The minimum Gasteiger partial charge on any atom is -0.394 e. The summed E-state index contributed by atoms with van der Waals surface area (Å²) in [5.41, 5.74) is -0.512. The van der Waals surface area contributed by atoms with Gasteiger partial charge in [0, 0.05) is 33.3 Å². The van der Waals surface area contributed by atoms with Crippen molar-refractivity contribution >= 4 is 5.91 Å². The lowest BCUT2D eigenvalue weighted by Crippen LogP contribution is -2.57. The Balaban J connectivity index is 2.12. The first-order valence-electron chi connectivity index (χ1n) is 9.09. The fourth-order valence-corrected chi connectivity index (χ4v) is 3.12. The fraction of sp³-hybridized carbons (Fsp3) is 0.550. The van der Waals surface area contributed by atoms with Crippen LogP contribution in [0.25, 0.3) is 0 Å². The van der Waals surface area contributed by atoms with Gasteiger partial charge in [0.25, 0.3) is 5.91 Å². The van der Waals surface area contributed by atoms with E-state index in [1.807, 2.05) is 6.92 Å². The molecule has 1 saturated heterocycles. The summed E-state index contributed by atoms with van der Waals surface area (Å²) in [6, 6.07) is 5.95. The van der Waals surface area contributed by atoms with E-state index in [-0.39, 0.29) is 24.2 Å². The normalized spacial score (nSPS) is 20.1. The lowest BCUT2D eigenvalue weighted by Gasteiger charge is -2.43. The van der Waals surface area contributed by atoms with Crippen molar-refractivity contribution < 1.29 is 23.8 Å². The average Bonchev–Trinajstić information content (AvgIpc) is 2.70. The number of morpholine rings is 1. The maximum Gasteiger partial charge on any atom is 0.256 e. The van der Waals surface area contributed by atoms with Gasteiger partial charge in [0.2, 0.25) is 0 Å². The first kappa shape index (κ1) is 21.5. The van der Waals surface area contributed by atoms with Crippen LogP contribution in [0.5, 0.6) is 0 Å².